The van der Waals surface area contributed by atoms with Crippen molar-refractivity contribution in [2.75, 3.05) is 18.4 Å². The molecule has 0 saturated heterocycles. The summed E-state index contributed by atoms with van der Waals surface area (Å²) in [5.41, 5.74) is 0.00743. The molecule has 1 aromatic rings. The number of halogens is 4. The highest BCUT2D eigenvalue weighted by molar-refractivity contribution is 5.92. The number of hydrogen-bond donors (Lipinski definition) is 2. The Kier molecular flexibility index (Phi) is 5.02. The van der Waals surface area contributed by atoms with Gasteiger partial charge in [-0.25, -0.2) is 8.78 Å². The highest BCUT2D eigenvalue weighted by Gasteiger charge is 2.40. The summed E-state index contributed by atoms with van der Waals surface area (Å²) in [6.45, 7) is 0.856. The Balaban J connectivity index is 2.60. The molecule has 0 aliphatic carbocycles. The van der Waals surface area contributed by atoms with Gasteiger partial charge in [0.2, 0.25) is 0 Å². The van der Waals surface area contributed by atoms with Crippen LogP contribution in [0.1, 0.15) is 17.4 Å². The molecule has 0 fully saturated rings. The molecule has 0 spiro atoms. The van der Waals surface area contributed by atoms with Crippen molar-refractivity contribution >= 4 is 11.7 Å². The summed E-state index contributed by atoms with van der Waals surface area (Å²) in [4.78, 5) is 11.3. The first-order valence-electron chi connectivity index (χ1n) is 5.38. The van der Waals surface area contributed by atoms with Gasteiger partial charge in [0.25, 0.3) is 5.91 Å². The molecular weight excluding hydrogens is 268 g/mol. The quantitative estimate of drug-likeness (QED) is 0.776. The van der Waals surface area contributed by atoms with Crippen molar-refractivity contribution in [1.82, 2.24) is 15.5 Å². The van der Waals surface area contributed by atoms with Crippen LogP contribution in [-0.4, -0.2) is 41.5 Å². The Hall–Kier alpha value is -1.93. The molecule has 19 heavy (non-hydrogen) atoms. The first-order chi connectivity index (χ1) is 8.86. The number of nitrogens with one attached hydrogen (secondary N) is 2. The highest BCUT2D eigenvalue weighted by atomic mass is 19.3. The number of rotatable bonds is 6. The zero-order chi connectivity index (χ0) is 14.5. The van der Waals surface area contributed by atoms with Crippen molar-refractivity contribution in [3.63, 3.8) is 0 Å². The van der Waals surface area contributed by atoms with E-state index in [1.807, 2.05) is 5.32 Å². The average Bonchev–Trinajstić information content (AvgIpc) is 2.37. The lowest BCUT2D eigenvalue weighted by Crippen LogP contribution is -2.35. The third-order valence-electron chi connectivity index (χ3n) is 2.06. The van der Waals surface area contributed by atoms with Crippen molar-refractivity contribution in [1.29, 1.82) is 0 Å². The molecule has 1 amide bonds. The Labute approximate surface area is 106 Å². The van der Waals surface area contributed by atoms with Crippen molar-refractivity contribution < 1.29 is 22.4 Å². The minimum atomic E-state index is -4.15. The van der Waals surface area contributed by atoms with Gasteiger partial charge in [0.15, 0.2) is 5.69 Å². The first-order valence-corrected chi connectivity index (χ1v) is 5.38. The number of aromatic nitrogens is 2. The molecule has 1 heterocycles. The van der Waals surface area contributed by atoms with Gasteiger partial charge in [0, 0.05) is 6.54 Å². The van der Waals surface area contributed by atoms with Gasteiger partial charge >= 0.3 is 12.3 Å². The molecule has 9 heteroatoms. The summed E-state index contributed by atoms with van der Waals surface area (Å²) in [6, 6.07) is 2.46. The molecule has 0 atom stereocenters. The van der Waals surface area contributed by atoms with Crippen LogP contribution in [-0.2, 0) is 0 Å². The van der Waals surface area contributed by atoms with Gasteiger partial charge in [0.05, 0.1) is 6.54 Å². The van der Waals surface area contributed by atoms with E-state index in [1.165, 1.54) is 12.1 Å². The lowest BCUT2D eigenvalue weighted by Gasteiger charge is -2.15. The number of anilines is 1. The Morgan fingerprint density at radius 1 is 1.37 bits per heavy atom. The van der Waals surface area contributed by atoms with E-state index in [4.69, 9.17) is 0 Å². The molecule has 0 bridgehead atoms. The van der Waals surface area contributed by atoms with Crippen LogP contribution in [0.5, 0.6) is 0 Å². The van der Waals surface area contributed by atoms with E-state index in [2.05, 4.69) is 15.5 Å². The molecule has 2 N–H and O–H groups in total. The van der Waals surface area contributed by atoms with Crippen LogP contribution in [0, 0.1) is 0 Å². The highest BCUT2D eigenvalue weighted by Crippen LogP contribution is 2.22. The van der Waals surface area contributed by atoms with Crippen LogP contribution >= 0.6 is 0 Å². The Morgan fingerprint density at radius 2 is 2.05 bits per heavy atom. The molecule has 5 nitrogen and oxygen atoms in total. The van der Waals surface area contributed by atoms with E-state index in [9.17, 15) is 22.4 Å². The summed E-state index contributed by atoms with van der Waals surface area (Å²) < 4.78 is 49.0. The van der Waals surface area contributed by atoms with Crippen LogP contribution in [0.3, 0.4) is 0 Å². The monoisotopic (exact) mass is 280 g/mol. The van der Waals surface area contributed by atoms with E-state index in [0.717, 1.165) is 0 Å². The molecule has 1 rings (SSSR count). The van der Waals surface area contributed by atoms with Gasteiger partial charge in [-0.05, 0) is 19.1 Å². The zero-order valence-electron chi connectivity index (χ0n) is 9.96. The van der Waals surface area contributed by atoms with Gasteiger partial charge in [-0.2, -0.15) is 8.78 Å². The van der Waals surface area contributed by atoms with Gasteiger partial charge in [-0.3, -0.25) is 4.79 Å². The fourth-order valence-electron chi connectivity index (χ4n) is 1.08. The van der Waals surface area contributed by atoms with Crippen LogP contribution in [0.4, 0.5) is 23.4 Å². The zero-order valence-corrected chi connectivity index (χ0v) is 9.96. The molecular formula is C10H12F4N4O. The molecule has 1 aromatic heterocycles. The van der Waals surface area contributed by atoms with E-state index in [1.54, 1.807) is 6.92 Å². The van der Waals surface area contributed by atoms with Crippen LogP contribution in [0.2, 0.25) is 0 Å². The van der Waals surface area contributed by atoms with E-state index in [0.29, 0.717) is 6.54 Å². The normalized spacial score (nSPS) is 11.5. The number of hydrogen-bond acceptors (Lipinski definition) is 4. The van der Waals surface area contributed by atoms with E-state index in [-0.39, 0.29) is 11.5 Å². The second-order valence-corrected chi connectivity index (χ2v) is 3.58. The van der Waals surface area contributed by atoms with Crippen molar-refractivity contribution in [2.45, 2.75) is 19.3 Å². The predicted octanol–water partition coefficient (Wildman–Crippen LogP) is 1.54. The number of alkyl halides is 4. The van der Waals surface area contributed by atoms with Gasteiger partial charge < -0.3 is 10.6 Å². The predicted molar refractivity (Wildman–Crippen MR) is 59.5 cm³/mol. The second-order valence-electron chi connectivity index (χ2n) is 3.58. The molecule has 0 aliphatic heterocycles. The SMILES string of the molecule is CCNC(=O)c1ccc(NCC(F)(F)C(F)F)nn1. The summed E-state index contributed by atoms with van der Waals surface area (Å²) in [6.07, 6.45) is -3.76. The maximum atomic E-state index is 12.6. The van der Waals surface area contributed by atoms with Crippen molar-refractivity contribution in [2.24, 2.45) is 0 Å². The number of carbonyl (C=O) groups excluding carboxylic acids is 1. The minimum Gasteiger partial charge on any atom is -0.362 e. The van der Waals surface area contributed by atoms with Crippen LogP contribution < -0.4 is 10.6 Å². The summed E-state index contributed by atoms with van der Waals surface area (Å²) in [7, 11) is 0. The lowest BCUT2D eigenvalue weighted by atomic mass is 10.3. The van der Waals surface area contributed by atoms with Crippen LogP contribution in [0.15, 0.2) is 12.1 Å². The molecule has 0 saturated carbocycles. The van der Waals surface area contributed by atoms with Crippen LogP contribution in [0.25, 0.3) is 0 Å². The summed E-state index contributed by atoms with van der Waals surface area (Å²) in [5, 5.41) is 11.4. The topological polar surface area (TPSA) is 66.9 Å². The Bertz CT molecular complexity index is 424. The Morgan fingerprint density at radius 3 is 2.53 bits per heavy atom. The maximum absolute atomic E-state index is 12.6. The standard InChI is InChI=1S/C10H12F4N4O/c1-2-15-8(19)6-3-4-7(18-17-6)16-5-10(13,14)9(11)12/h3-4,9H,2,5H2,1H3,(H,15,19)(H,16,18). The van der Waals surface area contributed by atoms with Gasteiger partial charge in [0.1, 0.15) is 5.82 Å². The third kappa shape index (κ3) is 4.34. The lowest BCUT2D eigenvalue weighted by molar-refractivity contribution is -0.117. The summed E-state index contributed by atoms with van der Waals surface area (Å²) >= 11 is 0. The van der Waals surface area contributed by atoms with Gasteiger partial charge in [-0.1, -0.05) is 0 Å². The fourth-order valence-corrected chi connectivity index (χ4v) is 1.08. The average molecular weight is 280 g/mol. The van der Waals surface area contributed by atoms with E-state index >= 15 is 0 Å². The van der Waals surface area contributed by atoms with Crippen molar-refractivity contribution in [3.05, 3.63) is 17.8 Å². The van der Waals surface area contributed by atoms with E-state index < -0.39 is 24.8 Å². The fraction of sp³-hybridized carbons (Fsp3) is 0.500. The summed E-state index contributed by atoms with van der Waals surface area (Å²) in [5.74, 6) is -4.73. The first kappa shape index (κ1) is 15.1. The molecule has 106 valence electrons. The largest absolute Gasteiger partial charge is 0.362 e. The van der Waals surface area contributed by atoms with Gasteiger partial charge in [-0.15, -0.1) is 10.2 Å². The smallest absolute Gasteiger partial charge is 0.324 e. The molecule has 0 unspecified atom stereocenters. The third-order valence-corrected chi connectivity index (χ3v) is 2.06. The number of nitrogens with zero attached hydrogens (tertiary/aromatic N) is 2. The maximum Gasteiger partial charge on any atom is 0.324 e. The molecule has 0 aromatic carbocycles. The number of amides is 1. The molecule has 0 radical (unpaired) electrons. The van der Waals surface area contributed by atoms with Crippen molar-refractivity contribution in [3.8, 4) is 0 Å². The molecule has 0 aliphatic rings. The minimum absolute atomic E-state index is 0.00743. The second kappa shape index (κ2) is 6.30. The number of carbonyl (C=O) groups is 1.